The summed E-state index contributed by atoms with van der Waals surface area (Å²) in [5.41, 5.74) is 2.15. The van der Waals surface area contributed by atoms with E-state index in [9.17, 15) is 14.4 Å². The van der Waals surface area contributed by atoms with Gasteiger partial charge in [0.2, 0.25) is 11.1 Å². The first-order valence-corrected chi connectivity index (χ1v) is 7.16. The average Bonchev–Trinajstić information content (AvgIpc) is 2.54. The van der Waals surface area contributed by atoms with E-state index in [0.29, 0.717) is 22.9 Å². The minimum atomic E-state index is -0.258. The molecule has 2 heterocycles. The lowest BCUT2D eigenvalue weighted by molar-refractivity contribution is 0.112. The number of rotatable bonds is 1. The molecule has 0 spiro atoms. The minimum absolute atomic E-state index is 0.196. The molecule has 2 aromatic heterocycles. The molecule has 0 atom stereocenters. The standard InChI is InChI=1S/C18H12N2O3/c1-9-6-13-12-3-5-15(22)19-17(12)10(8-21)7-14(13)18-11(9)2-4-16(23)20-18/h2-8H,1H3,(H,19,22)(H,20,23). The molecule has 0 unspecified atom stereocenters. The summed E-state index contributed by atoms with van der Waals surface area (Å²) >= 11 is 0. The van der Waals surface area contributed by atoms with E-state index in [4.69, 9.17) is 0 Å². The summed E-state index contributed by atoms with van der Waals surface area (Å²) in [7, 11) is 0. The molecule has 4 rings (SSSR count). The van der Waals surface area contributed by atoms with Crippen LogP contribution in [0.25, 0.3) is 32.6 Å². The van der Waals surface area contributed by atoms with Crippen LogP contribution < -0.4 is 11.1 Å². The van der Waals surface area contributed by atoms with E-state index < -0.39 is 0 Å². The van der Waals surface area contributed by atoms with E-state index in [1.54, 1.807) is 18.2 Å². The van der Waals surface area contributed by atoms with Gasteiger partial charge in [-0.25, -0.2) is 0 Å². The summed E-state index contributed by atoms with van der Waals surface area (Å²) in [4.78, 5) is 40.4. The molecule has 0 aliphatic heterocycles. The van der Waals surface area contributed by atoms with Crippen molar-refractivity contribution in [2.24, 2.45) is 0 Å². The van der Waals surface area contributed by atoms with E-state index in [2.05, 4.69) is 9.97 Å². The molecule has 4 aromatic rings. The number of pyridine rings is 2. The van der Waals surface area contributed by atoms with Gasteiger partial charge in [-0.15, -0.1) is 0 Å². The lowest BCUT2D eigenvalue weighted by Gasteiger charge is -2.11. The van der Waals surface area contributed by atoms with Crippen LogP contribution in [-0.4, -0.2) is 16.3 Å². The Hall–Kier alpha value is -3.21. The van der Waals surface area contributed by atoms with Crippen LogP contribution in [0.4, 0.5) is 0 Å². The summed E-state index contributed by atoms with van der Waals surface area (Å²) in [5.74, 6) is 0. The molecule has 5 nitrogen and oxygen atoms in total. The average molecular weight is 304 g/mol. The van der Waals surface area contributed by atoms with Gasteiger partial charge in [0, 0.05) is 33.9 Å². The Kier molecular flexibility index (Phi) is 2.72. The van der Waals surface area contributed by atoms with Crippen molar-refractivity contribution in [3.63, 3.8) is 0 Å². The predicted molar refractivity (Wildman–Crippen MR) is 90.3 cm³/mol. The number of benzene rings is 2. The van der Waals surface area contributed by atoms with Gasteiger partial charge in [0.05, 0.1) is 11.0 Å². The summed E-state index contributed by atoms with van der Waals surface area (Å²) in [6, 6.07) is 10.1. The highest BCUT2D eigenvalue weighted by Gasteiger charge is 2.12. The molecule has 5 heteroatoms. The molecule has 0 radical (unpaired) electrons. The fourth-order valence-electron chi connectivity index (χ4n) is 3.14. The van der Waals surface area contributed by atoms with Gasteiger partial charge in [0.1, 0.15) is 0 Å². The highest BCUT2D eigenvalue weighted by molar-refractivity contribution is 6.19. The number of aromatic nitrogens is 2. The van der Waals surface area contributed by atoms with Gasteiger partial charge >= 0.3 is 0 Å². The number of aromatic amines is 2. The number of aldehydes is 1. The number of hydrogen-bond donors (Lipinski definition) is 2. The first kappa shape index (κ1) is 13.5. The number of aryl methyl sites for hydroxylation is 1. The van der Waals surface area contributed by atoms with Crippen LogP contribution in [0.5, 0.6) is 0 Å². The number of carbonyl (C=O) groups is 1. The second kappa shape index (κ2) is 4.64. The zero-order valence-corrected chi connectivity index (χ0v) is 12.3. The zero-order valence-electron chi connectivity index (χ0n) is 12.3. The Labute approximate surface area is 129 Å². The largest absolute Gasteiger partial charge is 0.321 e. The number of carbonyl (C=O) groups excluding carboxylic acids is 1. The third-order valence-corrected chi connectivity index (χ3v) is 4.19. The van der Waals surface area contributed by atoms with Crippen molar-refractivity contribution in [3.05, 3.63) is 68.2 Å². The maximum atomic E-state index is 11.7. The topological polar surface area (TPSA) is 82.8 Å². The number of fused-ring (bicyclic) bond motifs is 5. The zero-order chi connectivity index (χ0) is 16.1. The van der Waals surface area contributed by atoms with Gasteiger partial charge in [0.25, 0.3) is 0 Å². The fraction of sp³-hybridized carbons (Fsp3) is 0.0556. The molecular formula is C18H12N2O3. The van der Waals surface area contributed by atoms with E-state index in [0.717, 1.165) is 27.1 Å². The third kappa shape index (κ3) is 1.90. The van der Waals surface area contributed by atoms with Crippen molar-refractivity contribution in [2.45, 2.75) is 6.92 Å². The van der Waals surface area contributed by atoms with Crippen molar-refractivity contribution < 1.29 is 4.79 Å². The maximum Gasteiger partial charge on any atom is 0.248 e. The molecule has 0 amide bonds. The molecule has 0 saturated heterocycles. The quantitative estimate of drug-likeness (QED) is 0.419. The molecule has 23 heavy (non-hydrogen) atoms. The van der Waals surface area contributed by atoms with E-state index in [1.807, 2.05) is 13.0 Å². The van der Waals surface area contributed by atoms with Gasteiger partial charge in [-0.3, -0.25) is 14.4 Å². The Bertz CT molecular complexity index is 1230. The first-order chi connectivity index (χ1) is 11.1. The smallest absolute Gasteiger partial charge is 0.248 e. The van der Waals surface area contributed by atoms with Gasteiger partial charge in [-0.05, 0) is 36.1 Å². The van der Waals surface area contributed by atoms with Gasteiger partial charge in [-0.2, -0.15) is 0 Å². The predicted octanol–water partition coefficient (Wildman–Crippen LogP) is 2.64. The highest BCUT2D eigenvalue weighted by Crippen LogP contribution is 2.32. The van der Waals surface area contributed by atoms with Gasteiger partial charge < -0.3 is 9.97 Å². The Balaban J connectivity index is 2.38. The summed E-state index contributed by atoms with van der Waals surface area (Å²) < 4.78 is 0. The molecule has 2 N–H and O–H groups in total. The highest BCUT2D eigenvalue weighted by atomic mass is 16.1. The molecule has 112 valence electrons. The van der Waals surface area contributed by atoms with Crippen molar-refractivity contribution in [1.82, 2.24) is 9.97 Å². The Morgan fingerprint density at radius 3 is 2.13 bits per heavy atom. The van der Waals surface area contributed by atoms with Crippen LogP contribution >= 0.6 is 0 Å². The molecule has 0 saturated carbocycles. The van der Waals surface area contributed by atoms with Crippen LogP contribution in [0, 0.1) is 6.92 Å². The van der Waals surface area contributed by atoms with Crippen molar-refractivity contribution in [3.8, 4) is 0 Å². The maximum absolute atomic E-state index is 11.7. The van der Waals surface area contributed by atoms with Crippen molar-refractivity contribution in [1.29, 1.82) is 0 Å². The first-order valence-electron chi connectivity index (χ1n) is 7.16. The lowest BCUT2D eigenvalue weighted by Crippen LogP contribution is -2.06. The van der Waals surface area contributed by atoms with Crippen LogP contribution in [-0.2, 0) is 0 Å². The van der Waals surface area contributed by atoms with Gasteiger partial charge in [0.15, 0.2) is 6.29 Å². The van der Waals surface area contributed by atoms with Crippen molar-refractivity contribution >= 4 is 38.9 Å². The van der Waals surface area contributed by atoms with E-state index >= 15 is 0 Å². The molecule has 0 bridgehead atoms. The molecular weight excluding hydrogens is 292 g/mol. The molecule has 0 aliphatic carbocycles. The van der Waals surface area contributed by atoms with Crippen LogP contribution in [0.3, 0.4) is 0 Å². The lowest BCUT2D eigenvalue weighted by atomic mass is 9.96. The van der Waals surface area contributed by atoms with E-state index in [1.165, 1.54) is 12.1 Å². The number of H-pyrrole nitrogens is 2. The Morgan fingerprint density at radius 1 is 0.783 bits per heavy atom. The van der Waals surface area contributed by atoms with E-state index in [-0.39, 0.29) is 11.1 Å². The number of nitrogens with one attached hydrogen (secondary N) is 2. The minimum Gasteiger partial charge on any atom is -0.321 e. The van der Waals surface area contributed by atoms with Gasteiger partial charge in [-0.1, -0.05) is 6.07 Å². The SMILES string of the molecule is Cc1cc2c3ccc(=O)[nH]c3c(C=O)cc2c2[nH]c(=O)ccc12. The van der Waals surface area contributed by atoms with Crippen LogP contribution in [0.2, 0.25) is 0 Å². The summed E-state index contributed by atoms with van der Waals surface area (Å²) in [6.07, 6.45) is 0.713. The number of hydrogen-bond acceptors (Lipinski definition) is 3. The summed E-state index contributed by atoms with van der Waals surface area (Å²) in [6.45, 7) is 1.96. The third-order valence-electron chi connectivity index (χ3n) is 4.19. The normalized spacial score (nSPS) is 11.3. The van der Waals surface area contributed by atoms with Crippen molar-refractivity contribution in [2.75, 3.05) is 0 Å². The fourth-order valence-corrected chi connectivity index (χ4v) is 3.14. The second-order valence-electron chi connectivity index (χ2n) is 5.59. The van der Waals surface area contributed by atoms with Crippen LogP contribution in [0.1, 0.15) is 15.9 Å². The molecule has 0 aliphatic rings. The monoisotopic (exact) mass is 304 g/mol. The molecule has 0 fully saturated rings. The van der Waals surface area contributed by atoms with Crippen LogP contribution in [0.15, 0.2) is 46.0 Å². The second-order valence-corrected chi connectivity index (χ2v) is 5.59. The molecule has 2 aromatic carbocycles. The summed E-state index contributed by atoms with van der Waals surface area (Å²) in [5, 5.41) is 3.37. The Morgan fingerprint density at radius 2 is 1.43 bits per heavy atom.